The van der Waals surface area contributed by atoms with Gasteiger partial charge in [-0.25, -0.2) is 0 Å². The molecule has 4 rings (SSSR count). The van der Waals surface area contributed by atoms with Gasteiger partial charge in [-0.3, -0.25) is 14.4 Å². The number of nitrogens with zero attached hydrogens (tertiary/aromatic N) is 3. The molecule has 28 heavy (non-hydrogen) atoms. The summed E-state index contributed by atoms with van der Waals surface area (Å²) in [5, 5.41) is 1.94. The molecule has 1 aromatic heterocycles. The Bertz CT molecular complexity index is 799. The van der Waals surface area contributed by atoms with Crippen molar-refractivity contribution >= 4 is 29.1 Å². The number of hydrogen-bond acceptors (Lipinski definition) is 4. The van der Waals surface area contributed by atoms with E-state index in [-0.39, 0.29) is 29.6 Å². The first-order valence-electron chi connectivity index (χ1n) is 10.2. The summed E-state index contributed by atoms with van der Waals surface area (Å²) in [7, 11) is 0. The molecule has 0 radical (unpaired) electrons. The van der Waals surface area contributed by atoms with E-state index >= 15 is 0 Å². The van der Waals surface area contributed by atoms with Gasteiger partial charge >= 0.3 is 0 Å². The van der Waals surface area contributed by atoms with Gasteiger partial charge in [0.2, 0.25) is 11.8 Å². The molecule has 4 heterocycles. The Labute approximate surface area is 170 Å². The smallest absolute Gasteiger partial charge is 0.264 e. The fourth-order valence-electron chi connectivity index (χ4n) is 5.03. The number of rotatable bonds is 3. The molecule has 2 atom stereocenters. The highest BCUT2D eigenvalue weighted by molar-refractivity contribution is 7.12. The molecule has 3 saturated heterocycles. The molecule has 152 valence electrons. The van der Waals surface area contributed by atoms with Crippen LogP contribution in [0.5, 0.6) is 0 Å². The van der Waals surface area contributed by atoms with Crippen molar-refractivity contribution in [2.45, 2.75) is 33.6 Å². The van der Waals surface area contributed by atoms with Crippen molar-refractivity contribution in [2.75, 3.05) is 39.3 Å². The van der Waals surface area contributed by atoms with Crippen LogP contribution in [0.4, 0.5) is 0 Å². The number of likely N-dealkylation sites (tertiary alicyclic amines) is 3. The van der Waals surface area contributed by atoms with Crippen molar-refractivity contribution in [3.8, 4) is 0 Å². The van der Waals surface area contributed by atoms with Gasteiger partial charge < -0.3 is 14.7 Å². The summed E-state index contributed by atoms with van der Waals surface area (Å²) in [6.07, 6.45) is 2.08. The van der Waals surface area contributed by atoms with E-state index in [1.54, 1.807) is 0 Å². The van der Waals surface area contributed by atoms with E-state index < -0.39 is 5.41 Å². The third-order valence-electron chi connectivity index (χ3n) is 6.58. The van der Waals surface area contributed by atoms with Crippen LogP contribution in [0.15, 0.2) is 11.4 Å². The molecule has 0 unspecified atom stereocenters. The first-order valence-corrected chi connectivity index (χ1v) is 11.1. The molecule has 0 saturated carbocycles. The molecule has 0 aromatic carbocycles. The van der Waals surface area contributed by atoms with Gasteiger partial charge in [0, 0.05) is 51.1 Å². The van der Waals surface area contributed by atoms with Crippen molar-refractivity contribution in [3.63, 3.8) is 0 Å². The molecule has 7 heteroatoms. The number of fused-ring (bicyclic) bond motifs is 1. The van der Waals surface area contributed by atoms with Crippen LogP contribution >= 0.6 is 11.3 Å². The van der Waals surface area contributed by atoms with E-state index in [0.29, 0.717) is 26.2 Å². The van der Waals surface area contributed by atoms with E-state index in [9.17, 15) is 14.4 Å². The lowest BCUT2D eigenvalue weighted by atomic mass is 9.79. The molecule has 6 nitrogen and oxygen atoms in total. The van der Waals surface area contributed by atoms with E-state index in [0.717, 1.165) is 36.4 Å². The predicted molar refractivity (Wildman–Crippen MR) is 108 cm³/mol. The summed E-state index contributed by atoms with van der Waals surface area (Å²) >= 11 is 1.46. The van der Waals surface area contributed by atoms with E-state index in [1.165, 1.54) is 11.3 Å². The maximum Gasteiger partial charge on any atom is 0.264 e. The minimum absolute atomic E-state index is 0.0209. The average molecular weight is 404 g/mol. The first-order chi connectivity index (χ1) is 13.3. The average Bonchev–Trinajstić information content (AvgIpc) is 3.42. The highest BCUT2D eigenvalue weighted by atomic mass is 32.1. The Morgan fingerprint density at radius 1 is 1.07 bits per heavy atom. The van der Waals surface area contributed by atoms with Gasteiger partial charge in [0.1, 0.15) is 0 Å². The second kappa shape index (κ2) is 7.17. The lowest BCUT2D eigenvalue weighted by molar-refractivity contribution is -0.141. The molecule has 0 aliphatic carbocycles. The van der Waals surface area contributed by atoms with Gasteiger partial charge in [-0.15, -0.1) is 11.3 Å². The van der Waals surface area contributed by atoms with Gasteiger partial charge in [0.05, 0.1) is 10.3 Å². The molecule has 3 amide bonds. The zero-order valence-corrected chi connectivity index (χ0v) is 17.8. The number of carbonyl (C=O) groups excluding carboxylic acids is 3. The number of hydrogen-bond donors (Lipinski definition) is 0. The Hall–Kier alpha value is -1.89. The van der Waals surface area contributed by atoms with Crippen LogP contribution in [-0.2, 0) is 9.59 Å². The Kier molecular flexibility index (Phi) is 4.98. The van der Waals surface area contributed by atoms with Crippen LogP contribution in [0, 0.1) is 24.2 Å². The lowest BCUT2D eigenvalue weighted by Gasteiger charge is -2.32. The molecule has 3 aliphatic heterocycles. The van der Waals surface area contributed by atoms with Gasteiger partial charge in [-0.1, -0.05) is 13.8 Å². The number of amides is 3. The van der Waals surface area contributed by atoms with E-state index in [1.807, 2.05) is 46.9 Å². The number of aryl methyl sites for hydroxylation is 1. The highest BCUT2D eigenvalue weighted by Gasteiger charge is 2.60. The summed E-state index contributed by atoms with van der Waals surface area (Å²) in [6, 6.07) is 1.96. The van der Waals surface area contributed by atoms with Gasteiger partial charge in [0.25, 0.3) is 5.91 Å². The van der Waals surface area contributed by atoms with Gasteiger partial charge in [-0.2, -0.15) is 0 Å². The summed E-state index contributed by atoms with van der Waals surface area (Å²) < 4.78 is 0. The zero-order valence-electron chi connectivity index (χ0n) is 16.9. The minimum Gasteiger partial charge on any atom is -0.342 e. The molecular formula is C21H29N3O3S. The maximum absolute atomic E-state index is 13.6. The van der Waals surface area contributed by atoms with Crippen LogP contribution in [0.1, 0.15) is 41.9 Å². The molecular weight excluding hydrogens is 374 g/mol. The van der Waals surface area contributed by atoms with Crippen molar-refractivity contribution in [1.82, 2.24) is 14.7 Å². The molecule has 0 N–H and O–H groups in total. The fourth-order valence-corrected chi connectivity index (χ4v) is 5.92. The minimum atomic E-state index is -0.643. The predicted octanol–water partition coefficient (Wildman–Crippen LogP) is 2.24. The van der Waals surface area contributed by atoms with Crippen LogP contribution in [-0.4, -0.2) is 71.7 Å². The first kappa shape index (κ1) is 19.4. The fraction of sp³-hybridized carbons (Fsp3) is 0.667. The summed E-state index contributed by atoms with van der Waals surface area (Å²) in [5.41, 5.74) is 0.346. The zero-order chi connectivity index (χ0) is 20.1. The Morgan fingerprint density at radius 3 is 2.32 bits per heavy atom. The second-order valence-corrected chi connectivity index (χ2v) is 9.76. The normalized spacial score (nSPS) is 27.0. The SMILES string of the molecule is Cc1ccsc1C(=O)N1C[C@@H]2CN(C(=O)C(C)C)C[C@]2(C(=O)N2CCCC2)C1. The largest absolute Gasteiger partial charge is 0.342 e. The maximum atomic E-state index is 13.6. The second-order valence-electron chi connectivity index (χ2n) is 8.84. The third kappa shape index (κ3) is 3.04. The number of carbonyl (C=O) groups is 3. The van der Waals surface area contributed by atoms with Crippen molar-refractivity contribution in [3.05, 3.63) is 21.9 Å². The van der Waals surface area contributed by atoms with Crippen LogP contribution in [0.3, 0.4) is 0 Å². The quantitative estimate of drug-likeness (QED) is 0.778. The molecule has 0 bridgehead atoms. The summed E-state index contributed by atoms with van der Waals surface area (Å²) in [4.78, 5) is 45.7. The summed E-state index contributed by atoms with van der Waals surface area (Å²) in [6.45, 7) is 9.34. The van der Waals surface area contributed by atoms with Crippen molar-refractivity contribution in [1.29, 1.82) is 0 Å². The molecule has 1 aromatic rings. The van der Waals surface area contributed by atoms with Crippen molar-refractivity contribution in [2.24, 2.45) is 17.3 Å². The highest BCUT2D eigenvalue weighted by Crippen LogP contribution is 2.45. The topological polar surface area (TPSA) is 60.9 Å². The number of thiophene rings is 1. The molecule has 3 fully saturated rings. The van der Waals surface area contributed by atoms with E-state index in [4.69, 9.17) is 0 Å². The molecule has 3 aliphatic rings. The van der Waals surface area contributed by atoms with Crippen LogP contribution in [0.25, 0.3) is 0 Å². The lowest BCUT2D eigenvalue weighted by Crippen LogP contribution is -2.49. The van der Waals surface area contributed by atoms with Gasteiger partial charge in [-0.05, 0) is 36.8 Å². The van der Waals surface area contributed by atoms with Gasteiger partial charge in [0.15, 0.2) is 0 Å². The standard InChI is InChI=1S/C21H29N3O3S/c1-14(2)18(25)23-10-16-11-24(19(26)17-15(3)6-9-28-17)13-21(16,12-23)20(27)22-7-4-5-8-22/h6,9,14,16H,4-5,7-8,10-13H2,1-3H3/t16-,21-/m0/s1. The van der Waals surface area contributed by atoms with Crippen molar-refractivity contribution < 1.29 is 14.4 Å². The summed E-state index contributed by atoms with van der Waals surface area (Å²) in [5.74, 6) is 0.219. The monoisotopic (exact) mass is 403 g/mol. The Morgan fingerprint density at radius 2 is 1.71 bits per heavy atom. The third-order valence-corrected chi connectivity index (χ3v) is 7.58. The van der Waals surface area contributed by atoms with Crippen LogP contribution < -0.4 is 0 Å². The van der Waals surface area contributed by atoms with E-state index in [2.05, 4.69) is 0 Å². The van der Waals surface area contributed by atoms with Crippen LogP contribution in [0.2, 0.25) is 0 Å². The Balaban J connectivity index is 1.61. The molecule has 0 spiro atoms.